The molecule has 3 rings (SSSR count). The number of nitrogens with zero attached hydrogens (tertiary/aromatic N) is 4. The van der Waals surface area contributed by atoms with Crippen molar-refractivity contribution in [1.82, 2.24) is 15.1 Å². The van der Waals surface area contributed by atoms with E-state index in [-0.39, 0.29) is 34.9 Å². The van der Waals surface area contributed by atoms with Crippen molar-refractivity contribution in [3.63, 3.8) is 0 Å². The van der Waals surface area contributed by atoms with Crippen LogP contribution >= 0.6 is 11.8 Å². The molecule has 11 heteroatoms. The summed E-state index contributed by atoms with van der Waals surface area (Å²) in [5.74, 6) is 0.0918. The van der Waals surface area contributed by atoms with Crippen LogP contribution < -0.4 is 10.2 Å². The smallest absolute Gasteiger partial charge is 0.366 e. The summed E-state index contributed by atoms with van der Waals surface area (Å²) in [4.78, 5) is 28.5. The van der Waals surface area contributed by atoms with Gasteiger partial charge in [-0.3, -0.25) is 4.79 Å². The van der Waals surface area contributed by atoms with E-state index in [0.29, 0.717) is 11.4 Å². The van der Waals surface area contributed by atoms with Crippen molar-refractivity contribution in [1.29, 1.82) is 0 Å². The second-order valence-corrected chi connectivity index (χ2v) is 9.00. The van der Waals surface area contributed by atoms with Crippen molar-refractivity contribution >= 4 is 35.2 Å². The first-order valence-electron chi connectivity index (χ1n) is 9.48. The number of imide groups is 1. The molecule has 1 aliphatic rings. The number of aromatic nitrogens is 2. The molecule has 3 amide bonds. The number of amides is 3. The summed E-state index contributed by atoms with van der Waals surface area (Å²) in [6.07, 6.45) is 1.52. The molecule has 1 aromatic heterocycles. The van der Waals surface area contributed by atoms with E-state index in [4.69, 9.17) is 0 Å². The summed E-state index contributed by atoms with van der Waals surface area (Å²) in [6.45, 7) is 7.29. The molecule has 2 heterocycles. The van der Waals surface area contributed by atoms with Crippen LogP contribution in [0.2, 0.25) is 0 Å². The summed E-state index contributed by atoms with van der Waals surface area (Å²) in [5, 5.41) is 11.1. The second kappa shape index (κ2) is 8.37. The number of carbonyl (C=O) groups excluding carboxylic acids is 2. The van der Waals surface area contributed by atoms with E-state index in [0.717, 1.165) is 4.90 Å². The number of nitrogens with one attached hydrogen (secondary N) is 1. The summed E-state index contributed by atoms with van der Waals surface area (Å²) in [7, 11) is 0. The average molecular weight is 453 g/mol. The van der Waals surface area contributed by atoms with E-state index < -0.39 is 23.0 Å². The van der Waals surface area contributed by atoms with Crippen LogP contribution in [0.25, 0.3) is 0 Å². The number of hydrogen-bond acceptors (Lipinski definition) is 6. The maximum absolute atomic E-state index is 13.1. The van der Waals surface area contributed by atoms with Crippen LogP contribution in [0.4, 0.5) is 29.5 Å². The van der Waals surface area contributed by atoms with E-state index in [2.05, 4.69) is 15.5 Å². The largest absolute Gasteiger partial charge is 0.446 e. The molecular weight excluding hydrogens is 431 g/mol. The predicted octanol–water partition coefficient (Wildman–Crippen LogP) is 4.66. The third-order valence-corrected chi connectivity index (χ3v) is 5.38. The summed E-state index contributed by atoms with van der Waals surface area (Å²) in [5.41, 5.74) is -4.66. The van der Waals surface area contributed by atoms with Gasteiger partial charge in [0.05, 0.1) is 18.4 Å². The molecule has 0 aliphatic carbocycles. The molecule has 1 N–H and O–H groups in total. The lowest BCUT2D eigenvalue weighted by molar-refractivity contribution is -0.123. The molecule has 7 nitrogen and oxygen atoms in total. The van der Waals surface area contributed by atoms with E-state index in [1.807, 2.05) is 13.8 Å². The number of halogens is 3. The van der Waals surface area contributed by atoms with Gasteiger partial charge in [-0.25, -0.2) is 9.69 Å². The van der Waals surface area contributed by atoms with E-state index in [1.54, 1.807) is 19.9 Å². The van der Waals surface area contributed by atoms with Gasteiger partial charge in [0.15, 0.2) is 0 Å². The Morgan fingerprint density at radius 1 is 1.16 bits per heavy atom. The molecule has 2 aromatic rings. The molecule has 0 radical (unpaired) electrons. The van der Waals surface area contributed by atoms with Gasteiger partial charge in [0.2, 0.25) is 0 Å². The number of hydrogen-bond donors (Lipinski definition) is 1. The van der Waals surface area contributed by atoms with E-state index >= 15 is 0 Å². The Balaban J connectivity index is 1.83. The van der Waals surface area contributed by atoms with Crippen LogP contribution in [0.5, 0.6) is 0 Å². The van der Waals surface area contributed by atoms with Crippen LogP contribution in [-0.2, 0) is 11.3 Å². The van der Waals surface area contributed by atoms with Crippen LogP contribution in [0.3, 0.4) is 0 Å². The maximum Gasteiger partial charge on any atom is 0.446 e. The lowest BCUT2D eigenvalue weighted by atomic mass is 10.0. The highest BCUT2D eigenvalue weighted by molar-refractivity contribution is 8.00. The highest BCUT2D eigenvalue weighted by atomic mass is 32.2. The van der Waals surface area contributed by atoms with Gasteiger partial charge in [-0.05, 0) is 75.4 Å². The van der Waals surface area contributed by atoms with Gasteiger partial charge >= 0.3 is 11.5 Å². The molecule has 31 heavy (non-hydrogen) atoms. The Hall–Kier alpha value is -2.82. The highest BCUT2D eigenvalue weighted by Gasteiger charge is 2.51. The lowest BCUT2D eigenvalue weighted by Gasteiger charge is -2.27. The minimum atomic E-state index is -4.42. The zero-order valence-corrected chi connectivity index (χ0v) is 18.2. The molecule has 0 unspecified atom stereocenters. The van der Waals surface area contributed by atoms with Crippen molar-refractivity contribution in [2.75, 3.05) is 10.2 Å². The predicted molar refractivity (Wildman–Crippen MR) is 112 cm³/mol. The summed E-state index contributed by atoms with van der Waals surface area (Å²) < 4.78 is 37.6. The van der Waals surface area contributed by atoms with Gasteiger partial charge < -0.3 is 10.2 Å². The standard InChI is InChI=1S/C20H22F3N5O2S/c1-12(2)25-16-9-13(10-24-26-16)11-27-18(30)28(17(29)19(27,3)4)14-5-7-15(8-6-14)31-20(21,22)23/h5-10,12H,11H2,1-4H3,(H,25,26). The monoisotopic (exact) mass is 453 g/mol. The van der Waals surface area contributed by atoms with Gasteiger partial charge in [0, 0.05) is 10.9 Å². The quantitative estimate of drug-likeness (QED) is 0.507. The normalized spacial score (nSPS) is 16.4. The topological polar surface area (TPSA) is 78.4 Å². The fourth-order valence-corrected chi connectivity index (χ4v) is 3.71. The zero-order chi connectivity index (χ0) is 23.0. The van der Waals surface area contributed by atoms with Crippen LogP contribution in [0, 0.1) is 0 Å². The van der Waals surface area contributed by atoms with Crippen molar-refractivity contribution in [3.8, 4) is 0 Å². The molecular formula is C20H22F3N5O2S. The molecule has 1 fully saturated rings. The summed E-state index contributed by atoms with van der Waals surface area (Å²) in [6, 6.07) is 6.49. The number of anilines is 2. The zero-order valence-electron chi connectivity index (χ0n) is 17.4. The number of urea groups is 1. The first-order valence-corrected chi connectivity index (χ1v) is 10.3. The van der Waals surface area contributed by atoms with E-state index in [1.165, 1.54) is 35.4 Å². The summed E-state index contributed by atoms with van der Waals surface area (Å²) >= 11 is -0.257. The first-order chi connectivity index (χ1) is 14.4. The molecule has 1 aliphatic heterocycles. The molecule has 0 bridgehead atoms. The Labute approximate surface area is 182 Å². The number of alkyl halides is 3. The first kappa shape index (κ1) is 22.9. The third kappa shape index (κ3) is 5.09. The van der Waals surface area contributed by atoms with Gasteiger partial charge in [-0.1, -0.05) is 0 Å². The van der Waals surface area contributed by atoms with Crippen molar-refractivity contribution < 1.29 is 22.8 Å². The molecule has 1 aromatic carbocycles. The SMILES string of the molecule is CC(C)Nc1cc(CN2C(=O)N(c3ccc(SC(F)(F)F)cc3)C(=O)C2(C)C)cnn1. The average Bonchev–Trinajstić information content (AvgIpc) is 2.81. The minimum Gasteiger partial charge on any atom is -0.366 e. The van der Waals surface area contributed by atoms with Crippen LogP contribution in [0.15, 0.2) is 41.4 Å². The van der Waals surface area contributed by atoms with Gasteiger partial charge in [0.25, 0.3) is 5.91 Å². The minimum absolute atomic E-state index is 0.0282. The molecule has 0 atom stereocenters. The Morgan fingerprint density at radius 3 is 2.39 bits per heavy atom. The fraction of sp³-hybridized carbons (Fsp3) is 0.400. The third-order valence-electron chi connectivity index (χ3n) is 4.64. The van der Waals surface area contributed by atoms with Gasteiger partial charge in [-0.2, -0.15) is 18.3 Å². The van der Waals surface area contributed by atoms with Crippen molar-refractivity contribution in [3.05, 3.63) is 42.1 Å². The van der Waals surface area contributed by atoms with Gasteiger partial charge in [0.1, 0.15) is 11.4 Å². The van der Waals surface area contributed by atoms with Crippen LogP contribution in [-0.4, -0.2) is 44.1 Å². The molecule has 0 saturated carbocycles. The highest BCUT2D eigenvalue weighted by Crippen LogP contribution is 2.38. The number of rotatable bonds is 6. The Kier molecular flexibility index (Phi) is 6.17. The van der Waals surface area contributed by atoms with Crippen molar-refractivity contribution in [2.24, 2.45) is 0 Å². The number of thioether (sulfide) groups is 1. The molecule has 1 saturated heterocycles. The number of carbonyl (C=O) groups is 2. The maximum atomic E-state index is 13.1. The van der Waals surface area contributed by atoms with Gasteiger partial charge in [-0.15, -0.1) is 5.10 Å². The number of benzene rings is 1. The van der Waals surface area contributed by atoms with Crippen molar-refractivity contribution in [2.45, 2.75) is 56.2 Å². The molecule has 0 spiro atoms. The van der Waals surface area contributed by atoms with E-state index in [9.17, 15) is 22.8 Å². The Morgan fingerprint density at radius 2 is 1.81 bits per heavy atom. The second-order valence-electron chi connectivity index (χ2n) is 7.86. The molecule has 166 valence electrons. The fourth-order valence-electron chi connectivity index (χ4n) is 3.17. The Bertz CT molecular complexity index is 980. The lowest BCUT2D eigenvalue weighted by Crippen LogP contribution is -2.43. The van der Waals surface area contributed by atoms with Crippen LogP contribution in [0.1, 0.15) is 33.3 Å².